The van der Waals surface area contributed by atoms with Crippen LogP contribution in [0.15, 0.2) is 29.2 Å². The number of ether oxygens (including phenoxy) is 1. The minimum absolute atomic E-state index is 0.0989. The summed E-state index contributed by atoms with van der Waals surface area (Å²) in [5.41, 5.74) is 0. The van der Waals surface area contributed by atoms with Gasteiger partial charge in [0, 0.05) is 16.5 Å². The average molecular weight is 245 g/mol. The summed E-state index contributed by atoms with van der Waals surface area (Å²) < 4.78 is 5.02. The lowest BCUT2D eigenvalue weighted by atomic mass is 10.4. The molecule has 0 aliphatic heterocycles. The molecule has 0 aliphatic carbocycles. The van der Waals surface area contributed by atoms with Gasteiger partial charge in [-0.15, -0.1) is 11.8 Å². The zero-order chi connectivity index (χ0) is 11.1. The first-order valence-electron chi connectivity index (χ1n) is 4.70. The van der Waals surface area contributed by atoms with Crippen LogP contribution in [0.3, 0.4) is 0 Å². The van der Waals surface area contributed by atoms with Crippen molar-refractivity contribution < 1.29 is 9.53 Å². The SMILES string of the molecule is CCOCC(=O)CSc1cccc(Cl)c1. The molecule has 0 fully saturated rings. The van der Waals surface area contributed by atoms with E-state index in [2.05, 4.69) is 0 Å². The first-order valence-corrected chi connectivity index (χ1v) is 6.06. The first-order chi connectivity index (χ1) is 7.22. The van der Waals surface area contributed by atoms with Crippen molar-refractivity contribution in [2.75, 3.05) is 19.0 Å². The lowest BCUT2D eigenvalue weighted by molar-refractivity contribution is -0.120. The fourth-order valence-electron chi connectivity index (χ4n) is 0.978. The highest BCUT2D eigenvalue weighted by Crippen LogP contribution is 2.21. The Morgan fingerprint density at radius 2 is 2.33 bits per heavy atom. The number of Topliss-reactive ketones (excluding diaryl/α,β-unsaturated/α-hetero) is 1. The molecule has 15 heavy (non-hydrogen) atoms. The maximum Gasteiger partial charge on any atom is 0.168 e. The third kappa shape index (κ3) is 5.21. The van der Waals surface area contributed by atoms with E-state index in [9.17, 15) is 4.79 Å². The molecule has 1 aromatic rings. The van der Waals surface area contributed by atoms with E-state index < -0.39 is 0 Å². The Balaban J connectivity index is 2.33. The predicted molar refractivity (Wildman–Crippen MR) is 63.7 cm³/mol. The van der Waals surface area contributed by atoms with Crippen LogP contribution in [0, 0.1) is 0 Å². The molecule has 0 atom stereocenters. The number of carbonyl (C=O) groups is 1. The van der Waals surface area contributed by atoms with Gasteiger partial charge in [0.2, 0.25) is 0 Å². The van der Waals surface area contributed by atoms with Crippen molar-refractivity contribution >= 4 is 29.1 Å². The van der Waals surface area contributed by atoms with Crippen molar-refractivity contribution in [1.82, 2.24) is 0 Å². The fourth-order valence-corrected chi connectivity index (χ4v) is 2.03. The Hall–Kier alpha value is -0.510. The van der Waals surface area contributed by atoms with Crippen molar-refractivity contribution in [2.24, 2.45) is 0 Å². The van der Waals surface area contributed by atoms with Gasteiger partial charge in [0.25, 0.3) is 0 Å². The second-order valence-electron chi connectivity index (χ2n) is 2.92. The first kappa shape index (κ1) is 12.6. The summed E-state index contributed by atoms with van der Waals surface area (Å²) in [7, 11) is 0. The van der Waals surface area contributed by atoms with Gasteiger partial charge in [-0.1, -0.05) is 17.7 Å². The number of carbonyl (C=O) groups excluding carboxylic acids is 1. The van der Waals surface area contributed by atoms with E-state index in [-0.39, 0.29) is 12.4 Å². The van der Waals surface area contributed by atoms with E-state index in [1.165, 1.54) is 11.8 Å². The minimum Gasteiger partial charge on any atom is -0.374 e. The van der Waals surface area contributed by atoms with Gasteiger partial charge in [-0.05, 0) is 25.1 Å². The van der Waals surface area contributed by atoms with Crippen LogP contribution in [0.4, 0.5) is 0 Å². The summed E-state index contributed by atoms with van der Waals surface area (Å²) in [5, 5.41) is 0.692. The molecule has 2 nitrogen and oxygen atoms in total. The largest absolute Gasteiger partial charge is 0.374 e. The lowest BCUT2D eigenvalue weighted by Crippen LogP contribution is -2.10. The zero-order valence-electron chi connectivity index (χ0n) is 8.53. The molecule has 0 heterocycles. The topological polar surface area (TPSA) is 26.3 Å². The maximum atomic E-state index is 11.3. The number of rotatable bonds is 6. The van der Waals surface area contributed by atoms with Gasteiger partial charge in [0.1, 0.15) is 6.61 Å². The Kier molecular flexibility index (Phi) is 5.76. The normalized spacial score (nSPS) is 10.3. The van der Waals surface area contributed by atoms with Gasteiger partial charge in [0.05, 0.1) is 5.75 Å². The predicted octanol–water partition coefficient (Wildman–Crippen LogP) is 3.04. The molecule has 0 bridgehead atoms. The van der Waals surface area contributed by atoms with Crippen LogP contribution in [0.25, 0.3) is 0 Å². The highest BCUT2D eigenvalue weighted by molar-refractivity contribution is 8.00. The standard InChI is InChI=1S/C11H13ClO2S/c1-2-14-7-10(13)8-15-11-5-3-4-9(12)6-11/h3-6H,2,7-8H2,1H3. The molecule has 4 heteroatoms. The van der Waals surface area contributed by atoms with Crippen LogP contribution in [-0.2, 0) is 9.53 Å². The van der Waals surface area contributed by atoms with Crippen LogP contribution >= 0.6 is 23.4 Å². The molecular weight excluding hydrogens is 232 g/mol. The summed E-state index contributed by atoms with van der Waals surface area (Å²) >= 11 is 7.30. The van der Waals surface area contributed by atoms with E-state index in [0.717, 1.165) is 4.90 Å². The Bertz CT molecular complexity index is 328. The van der Waals surface area contributed by atoms with Crippen molar-refractivity contribution in [3.8, 4) is 0 Å². The molecule has 0 spiro atoms. The van der Waals surface area contributed by atoms with Crippen LogP contribution in [0.1, 0.15) is 6.92 Å². The summed E-state index contributed by atoms with van der Waals surface area (Å²) in [6.45, 7) is 2.65. The molecule has 0 aromatic heterocycles. The molecule has 1 rings (SSSR count). The fraction of sp³-hybridized carbons (Fsp3) is 0.364. The third-order valence-electron chi connectivity index (χ3n) is 1.66. The molecule has 0 amide bonds. The van der Waals surface area contributed by atoms with E-state index in [4.69, 9.17) is 16.3 Å². The molecule has 0 saturated carbocycles. The summed E-state index contributed by atoms with van der Waals surface area (Å²) in [5.74, 6) is 0.530. The second kappa shape index (κ2) is 6.88. The van der Waals surface area contributed by atoms with Crippen LogP contribution in [-0.4, -0.2) is 24.7 Å². The molecule has 82 valence electrons. The minimum atomic E-state index is 0.0989. The summed E-state index contributed by atoms with van der Waals surface area (Å²) in [6.07, 6.45) is 0. The number of halogens is 1. The lowest BCUT2D eigenvalue weighted by Gasteiger charge is -2.02. The molecule has 0 N–H and O–H groups in total. The smallest absolute Gasteiger partial charge is 0.168 e. The molecule has 1 aromatic carbocycles. The quantitative estimate of drug-likeness (QED) is 0.720. The number of hydrogen-bond acceptors (Lipinski definition) is 3. The molecule has 0 radical (unpaired) electrons. The Labute approximate surface area is 99.0 Å². The van der Waals surface area contributed by atoms with Gasteiger partial charge < -0.3 is 4.74 Å². The van der Waals surface area contributed by atoms with Crippen LogP contribution in [0.2, 0.25) is 5.02 Å². The Morgan fingerprint density at radius 1 is 1.53 bits per heavy atom. The maximum absolute atomic E-state index is 11.3. The van der Waals surface area contributed by atoms with Crippen molar-refractivity contribution in [2.45, 2.75) is 11.8 Å². The van der Waals surface area contributed by atoms with Gasteiger partial charge in [-0.3, -0.25) is 4.79 Å². The number of ketones is 1. The van der Waals surface area contributed by atoms with E-state index >= 15 is 0 Å². The van der Waals surface area contributed by atoms with Gasteiger partial charge in [0.15, 0.2) is 5.78 Å². The highest BCUT2D eigenvalue weighted by atomic mass is 35.5. The number of benzene rings is 1. The molecule has 0 aliphatic rings. The van der Waals surface area contributed by atoms with E-state index in [1.54, 1.807) is 0 Å². The van der Waals surface area contributed by atoms with Crippen molar-refractivity contribution in [3.05, 3.63) is 29.3 Å². The molecule has 0 saturated heterocycles. The van der Waals surface area contributed by atoms with Crippen LogP contribution in [0.5, 0.6) is 0 Å². The Morgan fingerprint density at radius 3 is 3.00 bits per heavy atom. The monoisotopic (exact) mass is 244 g/mol. The van der Waals surface area contributed by atoms with Crippen molar-refractivity contribution in [1.29, 1.82) is 0 Å². The summed E-state index contributed by atoms with van der Waals surface area (Å²) in [4.78, 5) is 12.3. The zero-order valence-corrected chi connectivity index (χ0v) is 10.1. The van der Waals surface area contributed by atoms with Crippen molar-refractivity contribution in [3.63, 3.8) is 0 Å². The third-order valence-corrected chi connectivity index (χ3v) is 2.95. The van der Waals surface area contributed by atoms with Gasteiger partial charge >= 0.3 is 0 Å². The van der Waals surface area contributed by atoms with Crippen LogP contribution < -0.4 is 0 Å². The second-order valence-corrected chi connectivity index (χ2v) is 4.41. The number of thioether (sulfide) groups is 1. The molecule has 0 unspecified atom stereocenters. The summed E-state index contributed by atoms with van der Waals surface area (Å²) in [6, 6.07) is 7.47. The highest BCUT2D eigenvalue weighted by Gasteiger charge is 2.03. The number of hydrogen-bond donors (Lipinski definition) is 0. The van der Waals surface area contributed by atoms with Gasteiger partial charge in [-0.2, -0.15) is 0 Å². The van der Waals surface area contributed by atoms with Gasteiger partial charge in [-0.25, -0.2) is 0 Å². The molecular formula is C11H13ClO2S. The average Bonchev–Trinajstić information content (AvgIpc) is 2.23. The van der Waals surface area contributed by atoms with E-state index in [0.29, 0.717) is 17.4 Å². The van der Waals surface area contributed by atoms with E-state index in [1.807, 2.05) is 31.2 Å².